The number of fused-ring (bicyclic) bond motifs is 1. The zero-order valence-electron chi connectivity index (χ0n) is 14.4. The first-order valence-corrected chi connectivity index (χ1v) is 9.36. The molecule has 0 fully saturated rings. The Bertz CT molecular complexity index is 894. The summed E-state index contributed by atoms with van der Waals surface area (Å²) >= 11 is 0. The number of rotatable bonds is 4. The van der Waals surface area contributed by atoms with Gasteiger partial charge in [0.05, 0.1) is 30.9 Å². The van der Waals surface area contributed by atoms with Crippen LogP contribution in [0.5, 0.6) is 11.5 Å². The Morgan fingerprint density at radius 2 is 1.88 bits per heavy atom. The molecule has 0 aromatic heterocycles. The van der Waals surface area contributed by atoms with Gasteiger partial charge in [-0.1, -0.05) is 6.07 Å². The van der Waals surface area contributed by atoms with Crippen molar-refractivity contribution in [2.75, 3.05) is 25.1 Å². The van der Waals surface area contributed by atoms with Crippen molar-refractivity contribution < 1.29 is 23.0 Å². The van der Waals surface area contributed by atoms with E-state index in [1.54, 1.807) is 44.4 Å². The number of hydrogen-bond acceptors (Lipinski definition) is 5. The largest absolute Gasteiger partial charge is 0.497 e. The number of aliphatic hydroxyl groups is 1. The molecule has 0 radical (unpaired) electrons. The van der Waals surface area contributed by atoms with Crippen LogP contribution >= 0.6 is 0 Å². The van der Waals surface area contributed by atoms with E-state index in [4.69, 9.17) is 9.47 Å². The van der Waals surface area contributed by atoms with E-state index >= 15 is 0 Å². The highest BCUT2D eigenvalue weighted by Crippen LogP contribution is 2.39. The maximum Gasteiger partial charge on any atom is 0.264 e. The van der Waals surface area contributed by atoms with E-state index in [0.29, 0.717) is 29.2 Å². The minimum absolute atomic E-state index is 0.191. The average molecular weight is 363 g/mol. The van der Waals surface area contributed by atoms with Crippen LogP contribution in [-0.2, 0) is 10.0 Å². The Morgan fingerprint density at radius 3 is 2.52 bits per heavy atom. The molecule has 25 heavy (non-hydrogen) atoms. The summed E-state index contributed by atoms with van der Waals surface area (Å²) < 4.78 is 38.1. The van der Waals surface area contributed by atoms with Crippen LogP contribution in [0.25, 0.3) is 0 Å². The first-order valence-electron chi connectivity index (χ1n) is 7.92. The predicted molar refractivity (Wildman–Crippen MR) is 94.8 cm³/mol. The zero-order chi connectivity index (χ0) is 18.2. The van der Waals surface area contributed by atoms with E-state index < -0.39 is 16.1 Å². The highest BCUT2D eigenvalue weighted by molar-refractivity contribution is 7.92. The molecule has 0 bridgehead atoms. The van der Waals surface area contributed by atoms with E-state index in [0.717, 1.165) is 5.56 Å². The quantitative estimate of drug-likeness (QED) is 0.904. The number of aryl methyl sites for hydroxylation is 1. The summed E-state index contributed by atoms with van der Waals surface area (Å²) in [7, 11) is -0.693. The van der Waals surface area contributed by atoms with Gasteiger partial charge < -0.3 is 14.6 Å². The average Bonchev–Trinajstić information content (AvgIpc) is 2.61. The molecule has 0 saturated carbocycles. The van der Waals surface area contributed by atoms with Crippen LogP contribution in [0, 0.1) is 6.92 Å². The fourth-order valence-corrected chi connectivity index (χ4v) is 4.64. The number of aliphatic hydroxyl groups excluding tert-OH is 1. The second kappa shape index (κ2) is 6.57. The second-order valence-electron chi connectivity index (χ2n) is 5.94. The number of sulfonamides is 1. The van der Waals surface area contributed by atoms with Gasteiger partial charge in [-0.2, -0.15) is 0 Å². The maximum absolute atomic E-state index is 13.2. The lowest BCUT2D eigenvalue weighted by Gasteiger charge is -2.33. The Hall–Kier alpha value is -2.25. The van der Waals surface area contributed by atoms with Crippen molar-refractivity contribution in [2.45, 2.75) is 24.3 Å². The van der Waals surface area contributed by atoms with Gasteiger partial charge >= 0.3 is 0 Å². The third kappa shape index (κ3) is 3.05. The third-order valence-corrected chi connectivity index (χ3v) is 6.23. The summed E-state index contributed by atoms with van der Waals surface area (Å²) in [5, 5.41) is 10.2. The van der Waals surface area contributed by atoms with Gasteiger partial charge in [-0.15, -0.1) is 0 Å². The minimum atomic E-state index is -3.76. The van der Waals surface area contributed by atoms with Gasteiger partial charge in [0.25, 0.3) is 10.0 Å². The second-order valence-corrected chi connectivity index (χ2v) is 7.80. The minimum Gasteiger partial charge on any atom is -0.497 e. The van der Waals surface area contributed by atoms with Crippen molar-refractivity contribution in [1.29, 1.82) is 0 Å². The molecule has 1 aliphatic rings. The first-order chi connectivity index (χ1) is 11.9. The van der Waals surface area contributed by atoms with Crippen LogP contribution in [-0.4, -0.2) is 34.3 Å². The molecule has 7 heteroatoms. The van der Waals surface area contributed by atoms with Gasteiger partial charge in [0.1, 0.15) is 11.5 Å². The zero-order valence-corrected chi connectivity index (χ0v) is 15.2. The SMILES string of the molecule is COc1ccc2c(c1)N(S(=O)(=O)c1ccc(OC)c(C)c1)CCC2O. The molecule has 3 rings (SSSR count). The van der Waals surface area contributed by atoms with Gasteiger partial charge in [0, 0.05) is 18.2 Å². The molecule has 1 N–H and O–H groups in total. The normalized spacial score (nSPS) is 17.1. The topological polar surface area (TPSA) is 76.1 Å². The van der Waals surface area contributed by atoms with Crippen LogP contribution in [0.2, 0.25) is 0 Å². The molecule has 0 spiro atoms. The summed E-state index contributed by atoms with van der Waals surface area (Å²) in [6.07, 6.45) is -0.349. The molecule has 2 aromatic rings. The number of anilines is 1. The van der Waals surface area contributed by atoms with Crippen molar-refractivity contribution >= 4 is 15.7 Å². The molecule has 6 nitrogen and oxygen atoms in total. The van der Waals surface area contributed by atoms with E-state index in [-0.39, 0.29) is 11.4 Å². The Balaban J connectivity index is 2.10. The molecule has 1 heterocycles. The van der Waals surface area contributed by atoms with Gasteiger partial charge in [0.15, 0.2) is 0 Å². The lowest BCUT2D eigenvalue weighted by Crippen LogP contribution is -2.36. The lowest BCUT2D eigenvalue weighted by molar-refractivity contribution is 0.166. The molecule has 2 aromatic carbocycles. The van der Waals surface area contributed by atoms with E-state index in [9.17, 15) is 13.5 Å². The molecule has 0 saturated heterocycles. The van der Waals surface area contributed by atoms with Crippen LogP contribution in [0.1, 0.15) is 23.7 Å². The number of ether oxygens (including phenoxy) is 2. The van der Waals surface area contributed by atoms with Crippen molar-refractivity contribution in [3.8, 4) is 11.5 Å². The monoisotopic (exact) mass is 363 g/mol. The van der Waals surface area contributed by atoms with Crippen molar-refractivity contribution in [3.63, 3.8) is 0 Å². The fraction of sp³-hybridized carbons (Fsp3) is 0.333. The number of methoxy groups -OCH3 is 2. The summed E-state index contributed by atoms with van der Waals surface area (Å²) in [4.78, 5) is 0.191. The van der Waals surface area contributed by atoms with Crippen molar-refractivity contribution in [1.82, 2.24) is 0 Å². The van der Waals surface area contributed by atoms with Gasteiger partial charge in [-0.3, -0.25) is 4.31 Å². The summed E-state index contributed by atoms with van der Waals surface area (Å²) in [5.74, 6) is 1.18. The number of hydrogen-bond donors (Lipinski definition) is 1. The van der Waals surface area contributed by atoms with Gasteiger partial charge in [-0.05, 0) is 43.2 Å². The fourth-order valence-electron chi connectivity index (χ4n) is 3.05. The van der Waals surface area contributed by atoms with Crippen LogP contribution in [0.15, 0.2) is 41.3 Å². The van der Waals surface area contributed by atoms with Crippen molar-refractivity contribution in [2.24, 2.45) is 0 Å². The molecule has 134 valence electrons. The van der Waals surface area contributed by atoms with Crippen molar-refractivity contribution in [3.05, 3.63) is 47.5 Å². The number of nitrogens with zero attached hydrogens (tertiary/aromatic N) is 1. The molecule has 0 aliphatic carbocycles. The van der Waals surface area contributed by atoms with Crippen LogP contribution < -0.4 is 13.8 Å². The third-order valence-electron chi connectivity index (χ3n) is 4.43. The first kappa shape index (κ1) is 17.6. The highest BCUT2D eigenvalue weighted by Gasteiger charge is 2.33. The molecular formula is C18H21NO5S. The van der Waals surface area contributed by atoms with Gasteiger partial charge in [-0.25, -0.2) is 8.42 Å². The Morgan fingerprint density at radius 1 is 1.12 bits per heavy atom. The van der Waals surface area contributed by atoms with E-state index in [1.807, 2.05) is 0 Å². The Kier molecular flexibility index (Phi) is 4.62. The molecule has 1 atom stereocenters. The Labute approximate surface area is 147 Å². The smallest absolute Gasteiger partial charge is 0.264 e. The summed E-state index contributed by atoms with van der Waals surface area (Å²) in [6, 6.07) is 9.85. The summed E-state index contributed by atoms with van der Waals surface area (Å²) in [5.41, 5.74) is 1.78. The van der Waals surface area contributed by atoms with Crippen LogP contribution in [0.3, 0.4) is 0 Å². The molecule has 1 unspecified atom stereocenters. The molecule has 1 aliphatic heterocycles. The predicted octanol–water partition coefficient (Wildman–Crippen LogP) is 2.64. The summed E-state index contributed by atoms with van der Waals surface area (Å²) in [6.45, 7) is 2.00. The molecule has 0 amide bonds. The van der Waals surface area contributed by atoms with Crippen LogP contribution in [0.4, 0.5) is 5.69 Å². The van der Waals surface area contributed by atoms with E-state index in [1.165, 1.54) is 17.5 Å². The lowest BCUT2D eigenvalue weighted by atomic mass is 10.0. The standard InChI is InChI=1S/C18H21NO5S/c1-12-10-14(5-7-18(12)24-3)25(21,22)19-9-8-17(20)15-6-4-13(23-2)11-16(15)19/h4-7,10-11,17,20H,8-9H2,1-3H3. The van der Waals surface area contributed by atoms with Gasteiger partial charge in [0.2, 0.25) is 0 Å². The number of benzene rings is 2. The van der Waals surface area contributed by atoms with E-state index in [2.05, 4.69) is 0 Å². The maximum atomic E-state index is 13.2. The highest BCUT2D eigenvalue weighted by atomic mass is 32.2. The molecular weight excluding hydrogens is 342 g/mol.